The van der Waals surface area contributed by atoms with Crippen molar-refractivity contribution in [3.63, 3.8) is 0 Å². The van der Waals surface area contributed by atoms with Crippen LogP contribution in [0.1, 0.15) is 29.0 Å². The average molecular weight is 398 g/mol. The standard InChI is InChI=1S/C21H23N3O3S/c1-2-27-20(25)18-16(22-21(26)23-19(18)17-8-5-11-28-17)13-24-10-9-14-6-3-4-7-15(14)12-24/h3-8,11,19H,2,9-10,12-13H2,1H3,(H2,22,23,26). The summed E-state index contributed by atoms with van der Waals surface area (Å²) in [6, 6.07) is 11.5. The molecule has 2 aliphatic heterocycles. The van der Waals surface area contributed by atoms with E-state index in [4.69, 9.17) is 4.74 Å². The van der Waals surface area contributed by atoms with Crippen LogP contribution >= 0.6 is 11.3 Å². The highest BCUT2D eigenvalue weighted by atomic mass is 32.1. The number of nitrogens with zero attached hydrogens (tertiary/aromatic N) is 1. The van der Waals surface area contributed by atoms with Gasteiger partial charge in [0, 0.05) is 30.2 Å². The Labute approximate surface area is 168 Å². The molecular formula is C21H23N3O3S. The summed E-state index contributed by atoms with van der Waals surface area (Å²) in [5.41, 5.74) is 3.77. The monoisotopic (exact) mass is 397 g/mol. The molecule has 28 heavy (non-hydrogen) atoms. The predicted octanol–water partition coefficient (Wildman–Crippen LogP) is 2.98. The van der Waals surface area contributed by atoms with Crippen LogP contribution in [0.5, 0.6) is 0 Å². The van der Waals surface area contributed by atoms with Gasteiger partial charge in [0.15, 0.2) is 0 Å². The molecule has 0 radical (unpaired) electrons. The number of thiophene rings is 1. The highest BCUT2D eigenvalue weighted by molar-refractivity contribution is 7.10. The van der Waals surface area contributed by atoms with E-state index in [0.717, 1.165) is 24.4 Å². The molecule has 1 atom stereocenters. The molecule has 2 amide bonds. The number of benzene rings is 1. The SMILES string of the molecule is CCOC(=O)C1=C(CN2CCc3ccccc3C2)NC(=O)NC1c1cccs1. The van der Waals surface area contributed by atoms with Gasteiger partial charge in [0.05, 0.1) is 18.2 Å². The van der Waals surface area contributed by atoms with Crippen molar-refractivity contribution in [3.8, 4) is 0 Å². The fourth-order valence-corrected chi connectivity index (χ4v) is 4.56. The van der Waals surface area contributed by atoms with Gasteiger partial charge in [0.1, 0.15) is 0 Å². The van der Waals surface area contributed by atoms with Crippen molar-refractivity contribution in [1.82, 2.24) is 15.5 Å². The number of urea groups is 1. The number of carbonyl (C=O) groups is 2. The van der Waals surface area contributed by atoms with Crippen molar-refractivity contribution in [1.29, 1.82) is 0 Å². The third-order valence-electron chi connectivity index (χ3n) is 5.07. The maximum atomic E-state index is 12.8. The van der Waals surface area contributed by atoms with E-state index in [1.807, 2.05) is 23.6 Å². The molecule has 1 unspecified atom stereocenters. The molecule has 0 aliphatic carbocycles. The van der Waals surface area contributed by atoms with Crippen LogP contribution in [-0.4, -0.2) is 36.6 Å². The Bertz CT molecular complexity index is 907. The summed E-state index contributed by atoms with van der Waals surface area (Å²) in [4.78, 5) is 28.3. The Morgan fingerprint density at radius 3 is 2.82 bits per heavy atom. The zero-order chi connectivity index (χ0) is 19.5. The zero-order valence-electron chi connectivity index (χ0n) is 15.7. The zero-order valence-corrected chi connectivity index (χ0v) is 16.6. The number of amides is 2. The third-order valence-corrected chi connectivity index (χ3v) is 6.01. The number of esters is 1. The van der Waals surface area contributed by atoms with Gasteiger partial charge in [0.2, 0.25) is 0 Å². The maximum Gasteiger partial charge on any atom is 0.338 e. The number of hydrogen-bond donors (Lipinski definition) is 2. The van der Waals surface area contributed by atoms with Gasteiger partial charge in [-0.1, -0.05) is 30.3 Å². The van der Waals surface area contributed by atoms with Crippen LogP contribution in [0.15, 0.2) is 53.0 Å². The fraction of sp³-hybridized carbons (Fsp3) is 0.333. The maximum absolute atomic E-state index is 12.8. The Kier molecular flexibility index (Phi) is 5.45. The van der Waals surface area contributed by atoms with E-state index in [0.29, 0.717) is 17.8 Å². The molecule has 7 heteroatoms. The molecule has 3 heterocycles. The van der Waals surface area contributed by atoms with Crippen LogP contribution < -0.4 is 10.6 Å². The summed E-state index contributed by atoms with van der Waals surface area (Å²) < 4.78 is 5.32. The second kappa shape index (κ2) is 8.16. The Morgan fingerprint density at radius 2 is 2.07 bits per heavy atom. The molecule has 6 nitrogen and oxygen atoms in total. The van der Waals surface area contributed by atoms with Gasteiger partial charge in [-0.15, -0.1) is 11.3 Å². The van der Waals surface area contributed by atoms with Gasteiger partial charge in [0.25, 0.3) is 0 Å². The molecule has 2 aliphatic rings. The molecule has 0 saturated carbocycles. The van der Waals surface area contributed by atoms with Crippen LogP contribution in [0.2, 0.25) is 0 Å². The Morgan fingerprint density at radius 1 is 1.25 bits per heavy atom. The van der Waals surface area contributed by atoms with Crippen molar-refractivity contribution in [3.05, 3.63) is 69.1 Å². The average Bonchev–Trinajstić information content (AvgIpc) is 3.22. The molecule has 4 rings (SSSR count). The largest absolute Gasteiger partial charge is 0.463 e. The van der Waals surface area contributed by atoms with E-state index in [2.05, 4.69) is 33.7 Å². The fourth-order valence-electron chi connectivity index (χ4n) is 3.77. The van der Waals surface area contributed by atoms with Crippen LogP contribution in [-0.2, 0) is 22.5 Å². The van der Waals surface area contributed by atoms with Crippen molar-refractivity contribution >= 4 is 23.3 Å². The van der Waals surface area contributed by atoms with Crippen molar-refractivity contribution in [2.45, 2.75) is 25.9 Å². The molecule has 146 valence electrons. The minimum Gasteiger partial charge on any atom is -0.463 e. The molecule has 2 aromatic rings. The third kappa shape index (κ3) is 3.81. The lowest BCUT2D eigenvalue weighted by Crippen LogP contribution is -2.48. The highest BCUT2D eigenvalue weighted by Crippen LogP contribution is 2.31. The number of rotatable bonds is 5. The quantitative estimate of drug-likeness (QED) is 0.761. The Hall–Kier alpha value is -2.64. The smallest absolute Gasteiger partial charge is 0.338 e. The summed E-state index contributed by atoms with van der Waals surface area (Å²) in [5, 5.41) is 7.67. The molecular weight excluding hydrogens is 374 g/mol. The van der Waals surface area contributed by atoms with Gasteiger partial charge < -0.3 is 15.4 Å². The van der Waals surface area contributed by atoms with Crippen LogP contribution in [0.3, 0.4) is 0 Å². The van der Waals surface area contributed by atoms with E-state index < -0.39 is 6.04 Å². The normalized spacial score (nSPS) is 19.6. The Balaban J connectivity index is 1.65. The molecule has 1 aromatic heterocycles. The summed E-state index contributed by atoms with van der Waals surface area (Å²) >= 11 is 1.51. The number of hydrogen-bond acceptors (Lipinski definition) is 5. The summed E-state index contributed by atoms with van der Waals surface area (Å²) in [5.74, 6) is -0.388. The molecule has 0 saturated heterocycles. The first-order valence-corrected chi connectivity index (χ1v) is 10.3. The van der Waals surface area contributed by atoms with Gasteiger partial charge in [-0.25, -0.2) is 9.59 Å². The topological polar surface area (TPSA) is 70.7 Å². The number of ether oxygens (including phenoxy) is 1. The van der Waals surface area contributed by atoms with Gasteiger partial charge in [-0.3, -0.25) is 4.90 Å². The summed E-state index contributed by atoms with van der Waals surface area (Å²) in [6.07, 6.45) is 0.957. The molecule has 0 spiro atoms. The van der Waals surface area contributed by atoms with Gasteiger partial charge >= 0.3 is 12.0 Å². The first-order valence-electron chi connectivity index (χ1n) is 9.46. The van der Waals surface area contributed by atoms with E-state index in [9.17, 15) is 9.59 Å². The van der Waals surface area contributed by atoms with E-state index in [-0.39, 0.29) is 18.6 Å². The lowest BCUT2D eigenvalue weighted by atomic mass is 9.98. The summed E-state index contributed by atoms with van der Waals surface area (Å²) in [7, 11) is 0. The van der Waals surface area contributed by atoms with Crippen molar-refractivity contribution < 1.29 is 14.3 Å². The van der Waals surface area contributed by atoms with E-state index >= 15 is 0 Å². The number of fused-ring (bicyclic) bond motifs is 1. The van der Waals surface area contributed by atoms with E-state index in [1.165, 1.54) is 22.5 Å². The van der Waals surface area contributed by atoms with Crippen LogP contribution in [0.4, 0.5) is 4.79 Å². The van der Waals surface area contributed by atoms with Crippen LogP contribution in [0, 0.1) is 0 Å². The van der Waals surface area contributed by atoms with Crippen molar-refractivity contribution in [2.75, 3.05) is 19.7 Å². The predicted molar refractivity (Wildman–Crippen MR) is 108 cm³/mol. The van der Waals surface area contributed by atoms with Gasteiger partial charge in [-0.05, 0) is 35.9 Å². The second-order valence-electron chi connectivity index (χ2n) is 6.89. The highest BCUT2D eigenvalue weighted by Gasteiger charge is 2.35. The minimum absolute atomic E-state index is 0.289. The minimum atomic E-state index is -0.486. The lowest BCUT2D eigenvalue weighted by Gasteiger charge is -2.33. The molecule has 0 bridgehead atoms. The molecule has 1 aromatic carbocycles. The molecule has 0 fully saturated rings. The second-order valence-corrected chi connectivity index (χ2v) is 7.87. The number of nitrogens with one attached hydrogen (secondary N) is 2. The van der Waals surface area contributed by atoms with Crippen LogP contribution in [0.25, 0.3) is 0 Å². The lowest BCUT2D eigenvalue weighted by molar-refractivity contribution is -0.139. The van der Waals surface area contributed by atoms with Crippen molar-refractivity contribution in [2.24, 2.45) is 0 Å². The van der Waals surface area contributed by atoms with Gasteiger partial charge in [-0.2, -0.15) is 0 Å². The first-order chi connectivity index (χ1) is 13.7. The molecule has 2 N–H and O–H groups in total. The van der Waals surface area contributed by atoms with E-state index in [1.54, 1.807) is 6.92 Å². The summed E-state index contributed by atoms with van der Waals surface area (Å²) in [6.45, 7) is 4.25. The first kappa shape index (κ1) is 18.7. The number of carbonyl (C=O) groups excluding carboxylic acids is 2.